The molecular weight excluding hydrogens is 426 g/mol. The minimum absolute atomic E-state index is 0.0872. The first-order chi connectivity index (χ1) is 16.6. The number of allylic oxidation sites excluding steroid dienone is 3. The van der Waals surface area contributed by atoms with Crippen molar-refractivity contribution in [3.63, 3.8) is 0 Å². The Bertz CT molecular complexity index is 1100. The van der Waals surface area contributed by atoms with Gasteiger partial charge in [0.2, 0.25) is 0 Å². The van der Waals surface area contributed by atoms with Gasteiger partial charge < -0.3 is 14.8 Å². The topological polar surface area (TPSA) is 64.6 Å². The third kappa shape index (κ3) is 5.24. The van der Waals surface area contributed by atoms with Crippen molar-refractivity contribution in [1.29, 1.82) is 0 Å². The smallest absolute Gasteiger partial charge is 0.336 e. The number of para-hydroxylation sites is 1. The van der Waals surface area contributed by atoms with E-state index in [2.05, 4.69) is 12.2 Å². The zero-order valence-corrected chi connectivity index (χ0v) is 20.1. The van der Waals surface area contributed by atoms with Gasteiger partial charge in [0.1, 0.15) is 5.75 Å². The Kier molecular flexibility index (Phi) is 7.84. The van der Waals surface area contributed by atoms with Crippen molar-refractivity contribution in [2.24, 2.45) is 0 Å². The molecule has 178 valence electrons. The molecule has 2 aromatic rings. The van der Waals surface area contributed by atoms with E-state index in [4.69, 9.17) is 9.47 Å². The number of carbonyl (C=O) groups excluding carboxylic acids is 2. The van der Waals surface area contributed by atoms with Crippen LogP contribution in [0.2, 0.25) is 0 Å². The highest BCUT2D eigenvalue weighted by atomic mass is 16.5. The predicted molar refractivity (Wildman–Crippen MR) is 132 cm³/mol. The molecule has 0 radical (unpaired) electrons. The lowest BCUT2D eigenvalue weighted by molar-refractivity contribution is -0.139. The summed E-state index contributed by atoms with van der Waals surface area (Å²) < 4.78 is 11.9. The van der Waals surface area contributed by atoms with E-state index >= 15 is 0 Å². The van der Waals surface area contributed by atoms with E-state index in [1.807, 2.05) is 61.5 Å². The van der Waals surface area contributed by atoms with Crippen LogP contribution >= 0.6 is 0 Å². The van der Waals surface area contributed by atoms with Crippen molar-refractivity contribution in [3.8, 4) is 5.75 Å². The van der Waals surface area contributed by atoms with Crippen LogP contribution in [0.1, 0.15) is 63.0 Å². The Morgan fingerprint density at radius 3 is 2.59 bits per heavy atom. The highest BCUT2D eigenvalue weighted by molar-refractivity contribution is 6.04. The monoisotopic (exact) mass is 459 g/mol. The minimum Gasteiger partial charge on any atom is -0.493 e. The Morgan fingerprint density at radius 2 is 1.79 bits per heavy atom. The lowest BCUT2D eigenvalue weighted by atomic mass is 9.75. The zero-order valence-electron chi connectivity index (χ0n) is 20.1. The summed E-state index contributed by atoms with van der Waals surface area (Å²) >= 11 is 0. The Labute approximate surface area is 201 Å². The summed E-state index contributed by atoms with van der Waals surface area (Å²) in [5.41, 5.74) is 4.79. The molecule has 5 heteroatoms. The first kappa shape index (κ1) is 23.8. The molecule has 0 saturated heterocycles. The number of nitrogens with one attached hydrogen (secondary N) is 1. The number of dihydropyridines is 1. The van der Waals surface area contributed by atoms with Crippen molar-refractivity contribution < 1.29 is 19.1 Å². The van der Waals surface area contributed by atoms with Crippen LogP contribution in [0.4, 0.5) is 0 Å². The van der Waals surface area contributed by atoms with Gasteiger partial charge in [-0.1, -0.05) is 61.9 Å². The number of esters is 1. The molecule has 1 aliphatic heterocycles. The summed E-state index contributed by atoms with van der Waals surface area (Å²) in [5, 5.41) is 3.36. The van der Waals surface area contributed by atoms with Crippen LogP contribution in [0.5, 0.6) is 5.75 Å². The van der Waals surface area contributed by atoms with Crippen LogP contribution in [0, 0.1) is 0 Å². The maximum Gasteiger partial charge on any atom is 0.336 e. The standard InChI is InChI=1S/C29H33NO4/c1-3-4-18-33-25-16-9-8-13-22(25)27-26(20(2)30-23-14-10-15-24(31)28(23)27)29(32)34-19-17-21-11-6-5-7-12-21/h5-9,11-13,16,27,30H,3-4,10,14-15,17-19H2,1-2H3/t27-/m0/s1. The second-order valence-corrected chi connectivity index (χ2v) is 8.88. The molecule has 2 aromatic carbocycles. The predicted octanol–water partition coefficient (Wildman–Crippen LogP) is 5.62. The quantitative estimate of drug-likeness (QED) is 0.390. The molecule has 4 rings (SSSR count). The highest BCUT2D eigenvalue weighted by Crippen LogP contribution is 2.45. The van der Waals surface area contributed by atoms with Crippen LogP contribution in [0.3, 0.4) is 0 Å². The van der Waals surface area contributed by atoms with Gasteiger partial charge in [-0.05, 0) is 37.8 Å². The average molecular weight is 460 g/mol. The fourth-order valence-electron chi connectivity index (χ4n) is 4.73. The minimum atomic E-state index is -0.494. The lowest BCUT2D eigenvalue weighted by Gasteiger charge is -2.34. The fraction of sp³-hybridized carbons (Fsp3) is 0.379. The van der Waals surface area contributed by atoms with Gasteiger partial charge in [-0.25, -0.2) is 4.79 Å². The number of unbranched alkanes of at least 4 members (excludes halogenated alkanes) is 1. The van der Waals surface area contributed by atoms with Gasteiger partial charge >= 0.3 is 5.97 Å². The van der Waals surface area contributed by atoms with Crippen molar-refractivity contribution in [2.75, 3.05) is 13.2 Å². The van der Waals surface area contributed by atoms with Crippen LogP contribution in [-0.4, -0.2) is 25.0 Å². The third-order valence-corrected chi connectivity index (χ3v) is 6.45. The summed E-state index contributed by atoms with van der Waals surface area (Å²) in [6, 6.07) is 17.7. The molecule has 1 heterocycles. The largest absolute Gasteiger partial charge is 0.493 e. The van der Waals surface area contributed by atoms with Gasteiger partial charge in [-0.2, -0.15) is 0 Å². The van der Waals surface area contributed by atoms with E-state index in [0.29, 0.717) is 30.6 Å². The number of ether oxygens (including phenoxy) is 2. The second kappa shape index (κ2) is 11.2. The first-order valence-corrected chi connectivity index (χ1v) is 12.3. The summed E-state index contributed by atoms with van der Waals surface area (Å²) in [6.45, 7) is 4.89. The maximum atomic E-state index is 13.4. The molecule has 0 spiro atoms. The molecule has 1 atom stereocenters. The van der Waals surface area contributed by atoms with Crippen molar-refractivity contribution >= 4 is 11.8 Å². The van der Waals surface area contributed by atoms with E-state index in [0.717, 1.165) is 54.0 Å². The Morgan fingerprint density at radius 1 is 1.03 bits per heavy atom. The molecule has 0 bridgehead atoms. The zero-order chi connectivity index (χ0) is 23.9. The molecule has 0 amide bonds. The molecule has 0 aromatic heterocycles. The van der Waals surface area contributed by atoms with Gasteiger partial charge in [0.25, 0.3) is 0 Å². The number of hydrogen-bond donors (Lipinski definition) is 1. The maximum absolute atomic E-state index is 13.4. The molecular formula is C29H33NO4. The number of hydrogen-bond acceptors (Lipinski definition) is 5. The lowest BCUT2D eigenvalue weighted by Crippen LogP contribution is -2.34. The Balaban J connectivity index is 1.66. The van der Waals surface area contributed by atoms with E-state index in [1.54, 1.807) is 0 Å². The van der Waals surface area contributed by atoms with Crippen LogP contribution < -0.4 is 10.1 Å². The molecule has 5 nitrogen and oxygen atoms in total. The van der Waals surface area contributed by atoms with Crippen LogP contribution in [-0.2, 0) is 20.7 Å². The normalized spacial score (nSPS) is 17.8. The second-order valence-electron chi connectivity index (χ2n) is 8.88. The number of carbonyl (C=O) groups is 2. The molecule has 0 fully saturated rings. The van der Waals surface area contributed by atoms with Gasteiger partial charge in [0.05, 0.1) is 24.7 Å². The molecule has 1 aliphatic carbocycles. The van der Waals surface area contributed by atoms with Gasteiger partial charge in [0, 0.05) is 35.4 Å². The van der Waals surface area contributed by atoms with Crippen LogP contribution in [0.25, 0.3) is 0 Å². The number of Topliss-reactive ketones (excluding diaryl/α,β-unsaturated/α-hetero) is 1. The molecule has 2 aliphatic rings. The van der Waals surface area contributed by atoms with E-state index in [-0.39, 0.29) is 18.4 Å². The highest BCUT2D eigenvalue weighted by Gasteiger charge is 2.40. The molecule has 0 unspecified atom stereocenters. The number of rotatable bonds is 9. The molecule has 0 saturated carbocycles. The number of ketones is 1. The van der Waals surface area contributed by atoms with E-state index in [1.165, 1.54) is 0 Å². The summed E-state index contributed by atoms with van der Waals surface area (Å²) in [6.07, 6.45) is 4.71. The van der Waals surface area contributed by atoms with E-state index < -0.39 is 5.92 Å². The number of benzene rings is 2. The van der Waals surface area contributed by atoms with Crippen LogP contribution in [0.15, 0.2) is 77.1 Å². The van der Waals surface area contributed by atoms with Gasteiger partial charge in [0.15, 0.2) is 5.78 Å². The first-order valence-electron chi connectivity index (χ1n) is 12.3. The molecule has 1 N–H and O–H groups in total. The van der Waals surface area contributed by atoms with Crippen molar-refractivity contribution in [2.45, 2.75) is 58.3 Å². The fourth-order valence-corrected chi connectivity index (χ4v) is 4.73. The third-order valence-electron chi connectivity index (χ3n) is 6.45. The molecule has 34 heavy (non-hydrogen) atoms. The van der Waals surface area contributed by atoms with Gasteiger partial charge in [-0.15, -0.1) is 0 Å². The van der Waals surface area contributed by atoms with E-state index in [9.17, 15) is 9.59 Å². The van der Waals surface area contributed by atoms with Gasteiger partial charge in [-0.3, -0.25) is 4.79 Å². The SMILES string of the molecule is CCCCOc1ccccc1[C@H]1C(C(=O)OCCc2ccccc2)=C(C)NC2=C1C(=O)CCC2. The summed E-state index contributed by atoms with van der Waals surface area (Å²) in [5.74, 6) is -0.0787. The summed E-state index contributed by atoms with van der Waals surface area (Å²) in [4.78, 5) is 26.6. The van der Waals surface area contributed by atoms with Crippen molar-refractivity contribution in [3.05, 3.63) is 88.3 Å². The average Bonchev–Trinajstić information content (AvgIpc) is 2.84. The summed E-state index contributed by atoms with van der Waals surface area (Å²) in [7, 11) is 0. The Hall–Kier alpha value is -3.34. The van der Waals surface area contributed by atoms with Crippen molar-refractivity contribution in [1.82, 2.24) is 5.32 Å².